The summed E-state index contributed by atoms with van der Waals surface area (Å²) in [5, 5.41) is 7.40. The van der Waals surface area contributed by atoms with Crippen LogP contribution in [0.15, 0.2) is 29.1 Å². The van der Waals surface area contributed by atoms with Gasteiger partial charge >= 0.3 is 24.1 Å². The molecule has 1 aromatic carbocycles. The van der Waals surface area contributed by atoms with Gasteiger partial charge in [0.25, 0.3) is 5.56 Å². The molecule has 0 radical (unpaired) electrons. The Hall–Kier alpha value is -4.72. The Morgan fingerprint density at radius 3 is 2.27 bits per heavy atom. The van der Waals surface area contributed by atoms with Crippen LogP contribution in [0.4, 0.5) is 15.3 Å². The topological polar surface area (TPSA) is 164 Å². The number of nitrogens with zero attached hydrogens (tertiary/aromatic N) is 2. The molecule has 2 aliphatic heterocycles. The number of amides is 2. The number of hydrogen-bond acceptors (Lipinski definition) is 10. The van der Waals surface area contributed by atoms with Crippen LogP contribution in [-0.4, -0.2) is 59.5 Å². The highest BCUT2D eigenvalue weighted by Gasteiger charge is 2.50. The summed E-state index contributed by atoms with van der Waals surface area (Å²) in [6, 6.07) is 7.23. The summed E-state index contributed by atoms with van der Waals surface area (Å²) in [5.41, 5.74) is 0.339. The van der Waals surface area contributed by atoms with E-state index in [1.165, 1.54) is 0 Å². The van der Waals surface area contributed by atoms with Crippen LogP contribution in [0.1, 0.15) is 84.4 Å². The van der Waals surface area contributed by atoms with Crippen molar-refractivity contribution in [1.29, 1.82) is 0 Å². The fourth-order valence-corrected chi connectivity index (χ4v) is 8.69. The van der Waals surface area contributed by atoms with Crippen molar-refractivity contribution in [3.8, 4) is 11.4 Å². The Morgan fingerprint density at radius 2 is 1.65 bits per heavy atom. The normalized spacial score (nSPS) is 16.8. The van der Waals surface area contributed by atoms with Gasteiger partial charge in [0.2, 0.25) is 5.60 Å². The minimum Gasteiger partial charge on any atom is -0.457 e. The first-order valence-corrected chi connectivity index (χ1v) is 20.7. The van der Waals surface area contributed by atoms with Gasteiger partial charge in [0.15, 0.2) is 0 Å². The van der Waals surface area contributed by atoms with Gasteiger partial charge in [-0.05, 0) is 89.4 Å². The number of alkyl carbamates (subject to hydrolysis) is 1. The van der Waals surface area contributed by atoms with Crippen LogP contribution < -0.4 is 21.4 Å². The summed E-state index contributed by atoms with van der Waals surface area (Å²) in [5.74, 6) is -1.42. The number of benzene rings is 1. The lowest BCUT2D eigenvalue weighted by Gasteiger charge is -2.35. The lowest BCUT2D eigenvalue weighted by atomic mass is 9.85. The number of anilines is 1. The van der Waals surface area contributed by atoms with Crippen molar-refractivity contribution in [3.05, 3.63) is 51.3 Å². The van der Waals surface area contributed by atoms with Crippen LogP contribution in [0.5, 0.6) is 0 Å². The second-order valence-corrected chi connectivity index (χ2v) is 21.0. The molecule has 2 amide bonds. The van der Waals surface area contributed by atoms with Gasteiger partial charge in [-0.25, -0.2) is 19.4 Å². The number of esters is 2. The van der Waals surface area contributed by atoms with Gasteiger partial charge in [0.05, 0.1) is 37.1 Å². The van der Waals surface area contributed by atoms with E-state index in [1.807, 2.05) is 12.1 Å². The molecule has 0 aliphatic carbocycles. The molecular formula is C37H48N4O9Si. The average molecular weight is 721 g/mol. The van der Waals surface area contributed by atoms with E-state index < -0.39 is 49.0 Å². The smallest absolute Gasteiger partial charge is 0.412 e. The molecule has 13 nitrogen and oxygen atoms in total. The zero-order valence-corrected chi connectivity index (χ0v) is 32.1. The maximum Gasteiger partial charge on any atom is 0.412 e. The van der Waals surface area contributed by atoms with E-state index in [4.69, 9.17) is 23.9 Å². The molecule has 51 heavy (non-hydrogen) atoms. The standard InChI is InChI=1S/C37H48N4O9Si/c1-11-37(48-28(42)13-12-16-38-33(45)49-35(2,3)4)25-18-27-29-23(19-41(27)31(43)24(25)20-47-32(37)44)30(51(8,9)10)22-17-21(14-15-26(22)40-29)39-34(46)50-36(5,6)7/h14-15,17-18H,11-13,16,19-20H2,1-10H3,(H,38,45)(H,39,46). The molecule has 2 N–H and O–H groups in total. The summed E-state index contributed by atoms with van der Waals surface area (Å²) in [7, 11) is -2.13. The molecule has 4 heterocycles. The first-order chi connectivity index (χ1) is 23.6. The lowest BCUT2D eigenvalue weighted by molar-refractivity contribution is -0.189. The van der Waals surface area contributed by atoms with Gasteiger partial charge in [-0.1, -0.05) is 26.6 Å². The molecule has 274 valence electrons. The largest absolute Gasteiger partial charge is 0.457 e. The van der Waals surface area contributed by atoms with Gasteiger partial charge < -0.3 is 28.8 Å². The second-order valence-electron chi connectivity index (χ2n) is 16.0. The third-order valence-electron chi connectivity index (χ3n) is 8.56. The first-order valence-electron chi connectivity index (χ1n) is 17.2. The van der Waals surface area contributed by atoms with E-state index in [1.54, 1.807) is 65.2 Å². The summed E-state index contributed by atoms with van der Waals surface area (Å²) >= 11 is 0. The van der Waals surface area contributed by atoms with Crippen LogP contribution in [0.25, 0.3) is 22.3 Å². The van der Waals surface area contributed by atoms with Crippen LogP contribution in [0.3, 0.4) is 0 Å². The minimum atomic E-state index is -2.13. The van der Waals surface area contributed by atoms with Gasteiger partial charge in [-0.2, -0.15) is 0 Å². The van der Waals surface area contributed by atoms with Gasteiger partial charge in [0.1, 0.15) is 17.8 Å². The highest BCUT2D eigenvalue weighted by atomic mass is 28.3. The third-order valence-corrected chi connectivity index (χ3v) is 10.6. The number of rotatable bonds is 8. The van der Waals surface area contributed by atoms with Crippen LogP contribution in [0.2, 0.25) is 19.6 Å². The van der Waals surface area contributed by atoms with Crippen LogP contribution in [0, 0.1) is 0 Å². The number of carbonyl (C=O) groups excluding carboxylic acids is 4. The van der Waals surface area contributed by atoms with Gasteiger partial charge in [-0.15, -0.1) is 0 Å². The second kappa shape index (κ2) is 13.4. The molecule has 3 aromatic rings. The van der Waals surface area contributed by atoms with Crippen molar-refractivity contribution < 1.29 is 38.1 Å². The van der Waals surface area contributed by atoms with E-state index in [0.29, 0.717) is 28.2 Å². The number of ether oxygens (including phenoxy) is 4. The average Bonchev–Trinajstić information content (AvgIpc) is 3.35. The third kappa shape index (κ3) is 7.80. The Kier molecular flexibility index (Phi) is 9.89. The van der Waals surface area contributed by atoms with E-state index in [0.717, 1.165) is 16.1 Å². The van der Waals surface area contributed by atoms with Crippen molar-refractivity contribution in [3.63, 3.8) is 0 Å². The minimum absolute atomic E-state index is 0.0369. The first kappa shape index (κ1) is 37.5. The van der Waals surface area contributed by atoms with E-state index >= 15 is 0 Å². The van der Waals surface area contributed by atoms with Crippen molar-refractivity contribution in [1.82, 2.24) is 14.9 Å². The number of hydrogen-bond donors (Lipinski definition) is 2. The van der Waals surface area contributed by atoms with Gasteiger partial charge in [-0.3, -0.25) is 14.9 Å². The van der Waals surface area contributed by atoms with Crippen molar-refractivity contribution >= 4 is 54.0 Å². The summed E-state index contributed by atoms with van der Waals surface area (Å²) in [6.45, 7) is 19.2. The quantitative estimate of drug-likeness (QED) is 0.0980. The highest BCUT2D eigenvalue weighted by molar-refractivity contribution is 6.90. The van der Waals surface area contributed by atoms with Crippen molar-refractivity contribution in [2.45, 2.75) is 117 Å². The number of aromatic nitrogens is 2. The lowest BCUT2D eigenvalue weighted by Crippen LogP contribution is -2.47. The molecule has 2 aromatic heterocycles. The monoisotopic (exact) mass is 720 g/mol. The predicted octanol–water partition coefficient (Wildman–Crippen LogP) is 5.83. The van der Waals surface area contributed by atoms with Crippen LogP contribution >= 0.6 is 0 Å². The fraction of sp³-hybridized carbons (Fsp3) is 0.514. The molecule has 0 spiro atoms. The fourth-order valence-electron chi connectivity index (χ4n) is 6.58. The summed E-state index contributed by atoms with van der Waals surface area (Å²) < 4.78 is 23.7. The number of nitrogens with one attached hydrogen (secondary N) is 2. The number of fused-ring (bicyclic) bond motifs is 5. The molecule has 0 fully saturated rings. The molecule has 5 rings (SSSR count). The Bertz CT molecular complexity index is 1990. The zero-order chi connectivity index (χ0) is 37.7. The zero-order valence-electron chi connectivity index (χ0n) is 31.1. The predicted molar refractivity (Wildman–Crippen MR) is 195 cm³/mol. The van der Waals surface area contributed by atoms with E-state index in [9.17, 15) is 24.0 Å². The maximum absolute atomic E-state index is 14.2. The van der Waals surface area contributed by atoms with E-state index in [2.05, 4.69) is 30.3 Å². The Labute approximate surface area is 298 Å². The number of cyclic esters (lactones) is 1. The number of pyridine rings is 2. The van der Waals surface area contributed by atoms with E-state index in [-0.39, 0.29) is 50.1 Å². The highest BCUT2D eigenvalue weighted by Crippen LogP contribution is 2.41. The molecule has 1 atom stereocenters. The maximum atomic E-state index is 14.2. The van der Waals surface area contributed by atoms with Crippen LogP contribution in [-0.2, 0) is 47.3 Å². The molecule has 0 saturated carbocycles. The van der Waals surface area contributed by atoms with Crippen molar-refractivity contribution in [2.24, 2.45) is 0 Å². The SMILES string of the molecule is CCC1(OC(=O)CCCNC(=O)OC(C)(C)C)C(=O)OCc2c1cc1n(c2=O)Cc2c-1nc1ccc(NC(=O)OC(C)(C)C)cc1c2[Si](C)(C)C. The molecular weight excluding hydrogens is 673 g/mol. The molecule has 0 bridgehead atoms. The molecule has 0 saturated heterocycles. The van der Waals surface area contributed by atoms with Crippen molar-refractivity contribution in [2.75, 3.05) is 11.9 Å². The molecule has 2 aliphatic rings. The molecule has 1 unspecified atom stereocenters. The summed E-state index contributed by atoms with van der Waals surface area (Å²) in [6.07, 6.45) is -0.979. The number of carbonyl (C=O) groups is 4. The van der Waals surface area contributed by atoms with Gasteiger partial charge in [0, 0.05) is 29.6 Å². The Balaban J connectivity index is 1.51. The summed E-state index contributed by atoms with van der Waals surface area (Å²) in [4.78, 5) is 70.4. The Morgan fingerprint density at radius 1 is 0.980 bits per heavy atom. The molecule has 14 heteroatoms.